The Labute approximate surface area is 114 Å². The predicted molar refractivity (Wildman–Crippen MR) is 73.8 cm³/mol. The topological polar surface area (TPSA) is 67.4 Å². The van der Waals surface area contributed by atoms with E-state index in [1.165, 1.54) is 0 Å². The molecule has 1 aromatic rings. The van der Waals surface area contributed by atoms with E-state index in [0.717, 1.165) is 19.4 Å². The molecule has 1 heterocycles. The Kier molecular flexibility index (Phi) is 4.44. The maximum atomic E-state index is 12.2. The molecule has 1 aliphatic rings. The summed E-state index contributed by atoms with van der Waals surface area (Å²) in [5.41, 5.74) is 0. The Morgan fingerprint density at radius 3 is 2.58 bits per heavy atom. The molecule has 106 valence electrons. The smallest absolute Gasteiger partial charge is 0.240 e. The first-order chi connectivity index (χ1) is 9.01. The molecule has 2 rings (SSSR count). The molecule has 2 atom stereocenters. The Balaban J connectivity index is 2.08. The van der Waals surface area contributed by atoms with Gasteiger partial charge in [0, 0.05) is 12.1 Å². The van der Waals surface area contributed by atoms with Crippen LogP contribution in [0.2, 0.25) is 0 Å². The molecule has 0 aromatic heterocycles. The van der Waals surface area contributed by atoms with Crippen LogP contribution in [0, 0.1) is 0 Å². The largest absolute Gasteiger partial charge is 0.497 e. The summed E-state index contributed by atoms with van der Waals surface area (Å²) in [5.74, 6) is 0.648. The number of ether oxygens (including phenoxy) is 1. The van der Waals surface area contributed by atoms with E-state index in [0.29, 0.717) is 11.8 Å². The average Bonchev–Trinajstić information content (AvgIpc) is 2.38. The van der Waals surface area contributed by atoms with E-state index in [4.69, 9.17) is 4.74 Å². The number of rotatable bonds is 4. The summed E-state index contributed by atoms with van der Waals surface area (Å²) in [6.07, 6.45) is 1.63. The minimum atomic E-state index is -3.44. The lowest BCUT2D eigenvalue weighted by molar-refractivity contribution is 0.361. The van der Waals surface area contributed by atoms with Crippen molar-refractivity contribution in [2.24, 2.45) is 0 Å². The Hall–Kier alpha value is -1.11. The Morgan fingerprint density at radius 1 is 1.32 bits per heavy atom. The normalized spacial score (nSPS) is 24.1. The molecule has 19 heavy (non-hydrogen) atoms. The Morgan fingerprint density at radius 2 is 2.00 bits per heavy atom. The highest BCUT2D eigenvalue weighted by Gasteiger charge is 2.24. The molecule has 5 nitrogen and oxygen atoms in total. The minimum absolute atomic E-state index is 0.00310. The molecule has 2 N–H and O–H groups in total. The molecule has 1 fully saturated rings. The van der Waals surface area contributed by atoms with Gasteiger partial charge in [0.15, 0.2) is 0 Å². The molecule has 0 aliphatic carbocycles. The second-order valence-electron chi connectivity index (χ2n) is 4.87. The van der Waals surface area contributed by atoms with Gasteiger partial charge in [-0.15, -0.1) is 0 Å². The van der Waals surface area contributed by atoms with E-state index < -0.39 is 10.0 Å². The summed E-state index contributed by atoms with van der Waals surface area (Å²) >= 11 is 0. The summed E-state index contributed by atoms with van der Waals surface area (Å²) in [7, 11) is -1.89. The Bertz CT molecular complexity index is 513. The molecule has 6 heteroatoms. The molecular weight excluding hydrogens is 264 g/mol. The van der Waals surface area contributed by atoms with Gasteiger partial charge in [-0.25, -0.2) is 13.1 Å². The van der Waals surface area contributed by atoms with E-state index in [1.54, 1.807) is 31.4 Å². The van der Waals surface area contributed by atoms with Gasteiger partial charge in [0.2, 0.25) is 10.0 Å². The predicted octanol–water partition coefficient (Wildman–Crippen LogP) is 1.11. The zero-order valence-corrected chi connectivity index (χ0v) is 12.0. The van der Waals surface area contributed by atoms with Crippen LogP contribution in [0.5, 0.6) is 5.75 Å². The maximum Gasteiger partial charge on any atom is 0.240 e. The van der Waals surface area contributed by atoms with Crippen LogP contribution in [-0.4, -0.2) is 34.2 Å². The molecule has 1 saturated heterocycles. The number of hydrogen-bond donors (Lipinski definition) is 2. The lowest BCUT2D eigenvalue weighted by atomic mass is 10.0. The first-order valence-corrected chi connectivity index (χ1v) is 7.89. The maximum absolute atomic E-state index is 12.2. The van der Waals surface area contributed by atoms with Crippen LogP contribution in [0.3, 0.4) is 0 Å². The average molecular weight is 284 g/mol. The highest BCUT2D eigenvalue weighted by Crippen LogP contribution is 2.17. The fourth-order valence-corrected chi connectivity index (χ4v) is 3.56. The van der Waals surface area contributed by atoms with Crippen molar-refractivity contribution in [3.63, 3.8) is 0 Å². The van der Waals surface area contributed by atoms with Gasteiger partial charge in [-0.05, 0) is 50.6 Å². The van der Waals surface area contributed by atoms with Gasteiger partial charge < -0.3 is 10.1 Å². The first kappa shape index (κ1) is 14.3. The van der Waals surface area contributed by atoms with E-state index in [1.807, 2.05) is 0 Å². The van der Waals surface area contributed by atoms with Gasteiger partial charge in [-0.2, -0.15) is 0 Å². The van der Waals surface area contributed by atoms with Gasteiger partial charge >= 0.3 is 0 Å². The van der Waals surface area contributed by atoms with Crippen LogP contribution in [0.15, 0.2) is 29.2 Å². The third-order valence-corrected chi connectivity index (χ3v) is 4.85. The molecule has 0 bridgehead atoms. The monoisotopic (exact) mass is 284 g/mol. The number of piperidine rings is 1. The summed E-state index contributed by atoms with van der Waals surface area (Å²) in [6, 6.07) is 6.77. The van der Waals surface area contributed by atoms with E-state index in [9.17, 15) is 8.42 Å². The van der Waals surface area contributed by atoms with Crippen LogP contribution in [0.25, 0.3) is 0 Å². The lowest BCUT2D eigenvalue weighted by Gasteiger charge is -2.28. The number of methoxy groups -OCH3 is 1. The van der Waals surface area contributed by atoms with Crippen molar-refractivity contribution >= 4 is 10.0 Å². The fraction of sp³-hybridized carbons (Fsp3) is 0.538. The standard InChI is InChI=1S/C13H20N2O3S/c1-10-9-11(7-8-14-10)15-19(16,17)13-5-3-12(18-2)4-6-13/h3-6,10-11,14-15H,7-9H2,1-2H3. The van der Waals surface area contributed by atoms with Gasteiger partial charge in [0.25, 0.3) is 0 Å². The number of benzene rings is 1. The highest BCUT2D eigenvalue weighted by molar-refractivity contribution is 7.89. The molecule has 0 saturated carbocycles. The fourth-order valence-electron chi connectivity index (χ4n) is 2.28. The molecule has 0 radical (unpaired) electrons. The van der Waals surface area contributed by atoms with Crippen molar-refractivity contribution in [2.45, 2.75) is 36.7 Å². The van der Waals surface area contributed by atoms with Crippen molar-refractivity contribution in [3.05, 3.63) is 24.3 Å². The number of nitrogens with one attached hydrogen (secondary N) is 2. The van der Waals surface area contributed by atoms with Gasteiger partial charge in [0.1, 0.15) is 5.75 Å². The van der Waals surface area contributed by atoms with Gasteiger partial charge in [-0.1, -0.05) is 0 Å². The summed E-state index contributed by atoms with van der Waals surface area (Å²) in [5, 5.41) is 3.30. The third kappa shape index (κ3) is 3.68. The van der Waals surface area contributed by atoms with Crippen molar-refractivity contribution < 1.29 is 13.2 Å². The molecular formula is C13H20N2O3S. The number of hydrogen-bond acceptors (Lipinski definition) is 4. The summed E-state index contributed by atoms with van der Waals surface area (Å²) < 4.78 is 32.3. The molecule has 2 unspecified atom stereocenters. The van der Waals surface area contributed by atoms with Crippen LogP contribution < -0.4 is 14.8 Å². The zero-order chi connectivity index (χ0) is 13.9. The minimum Gasteiger partial charge on any atom is -0.497 e. The van der Waals surface area contributed by atoms with Crippen LogP contribution >= 0.6 is 0 Å². The van der Waals surface area contributed by atoms with Crippen LogP contribution in [0.4, 0.5) is 0 Å². The van der Waals surface area contributed by atoms with E-state index >= 15 is 0 Å². The molecule has 1 aromatic carbocycles. The van der Waals surface area contributed by atoms with E-state index in [2.05, 4.69) is 17.0 Å². The van der Waals surface area contributed by atoms with Crippen molar-refractivity contribution in [1.29, 1.82) is 0 Å². The SMILES string of the molecule is COc1ccc(S(=O)(=O)NC2CCNC(C)C2)cc1. The lowest BCUT2D eigenvalue weighted by Crippen LogP contribution is -2.46. The summed E-state index contributed by atoms with van der Waals surface area (Å²) in [6.45, 7) is 2.91. The summed E-state index contributed by atoms with van der Waals surface area (Å²) in [4.78, 5) is 0.277. The van der Waals surface area contributed by atoms with Crippen LogP contribution in [-0.2, 0) is 10.0 Å². The number of sulfonamides is 1. The molecule has 0 amide bonds. The van der Waals surface area contributed by atoms with Crippen molar-refractivity contribution in [2.75, 3.05) is 13.7 Å². The second-order valence-corrected chi connectivity index (χ2v) is 6.59. The van der Waals surface area contributed by atoms with E-state index in [-0.39, 0.29) is 10.9 Å². The van der Waals surface area contributed by atoms with Crippen LogP contribution in [0.1, 0.15) is 19.8 Å². The first-order valence-electron chi connectivity index (χ1n) is 6.41. The third-order valence-electron chi connectivity index (χ3n) is 3.32. The van der Waals surface area contributed by atoms with Gasteiger partial charge in [-0.3, -0.25) is 0 Å². The molecule has 1 aliphatic heterocycles. The molecule has 0 spiro atoms. The van der Waals surface area contributed by atoms with Crippen molar-refractivity contribution in [3.8, 4) is 5.75 Å². The quantitative estimate of drug-likeness (QED) is 0.869. The highest BCUT2D eigenvalue weighted by atomic mass is 32.2. The van der Waals surface area contributed by atoms with Gasteiger partial charge in [0.05, 0.1) is 12.0 Å². The zero-order valence-electron chi connectivity index (χ0n) is 11.2. The second kappa shape index (κ2) is 5.90. The van der Waals surface area contributed by atoms with Crippen molar-refractivity contribution in [1.82, 2.24) is 10.0 Å².